The zero-order valence-corrected chi connectivity index (χ0v) is 18.7. The molecule has 0 saturated heterocycles. The molecule has 160 valence electrons. The van der Waals surface area contributed by atoms with E-state index in [1.807, 2.05) is 55.1 Å². The van der Waals surface area contributed by atoms with Gasteiger partial charge in [-0.25, -0.2) is 0 Å². The Balaban J connectivity index is 1.54. The molecule has 7 heteroatoms. The molecule has 0 unspecified atom stereocenters. The van der Waals surface area contributed by atoms with Crippen LogP contribution in [0.25, 0.3) is 0 Å². The van der Waals surface area contributed by atoms with Gasteiger partial charge < -0.3 is 14.2 Å². The Bertz CT molecular complexity index is 929. The summed E-state index contributed by atoms with van der Waals surface area (Å²) in [6, 6.07) is 15.3. The Kier molecular flexibility index (Phi) is 8.43. The molecule has 0 aliphatic carbocycles. The van der Waals surface area contributed by atoms with Crippen LogP contribution >= 0.6 is 23.2 Å². The molecule has 1 heterocycles. The minimum atomic E-state index is 0.0352. The molecule has 0 bridgehead atoms. The van der Waals surface area contributed by atoms with Gasteiger partial charge in [0.15, 0.2) is 0 Å². The number of nitrogens with zero attached hydrogens (tertiary/aromatic N) is 2. The van der Waals surface area contributed by atoms with Crippen molar-refractivity contribution in [2.45, 2.75) is 39.5 Å². The van der Waals surface area contributed by atoms with Crippen molar-refractivity contribution in [2.24, 2.45) is 0 Å². The molecule has 0 fully saturated rings. The molecule has 0 radical (unpaired) electrons. The normalized spacial score (nSPS) is 11.1. The summed E-state index contributed by atoms with van der Waals surface area (Å²) in [5.74, 6) is 1.23. The van der Waals surface area contributed by atoms with E-state index in [0.717, 1.165) is 11.1 Å². The summed E-state index contributed by atoms with van der Waals surface area (Å²) in [6.07, 6.45) is 2.66. The van der Waals surface area contributed by atoms with Crippen LogP contribution in [-0.4, -0.2) is 29.1 Å². The minimum absolute atomic E-state index is 0.0352. The van der Waals surface area contributed by atoms with Crippen LogP contribution in [0.15, 0.2) is 54.7 Å². The summed E-state index contributed by atoms with van der Waals surface area (Å²) in [5.41, 5.74) is 2.14. The lowest BCUT2D eigenvalue weighted by atomic mass is 10.2. The number of rotatable bonds is 11. The van der Waals surface area contributed by atoms with Crippen molar-refractivity contribution in [3.8, 4) is 11.6 Å². The van der Waals surface area contributed by atoms with Gasteiger partial charge in [0.25, 0.3) is 0 Å². The van der Waals surface area contributed by atoms with E-state index in [4.69, 9.17) is 37.4 Å². The molecule has 0 spiro atoms. The Morgan fingerprint density at radius 2 is 1.83 bits per heavy atom. The van der Waals surface area contributed by atoms with Gasteiger partial charge >= 0.3 is 0 Å². The van der Waals surface area contributed by atoms with E-state index < -0.39 is 0 Å². The van der Waals surface area contributed by atoms with Gasteiger partial charge in [-0.15, -0.1) is 5.10 Å². The SMILES string of the molecule is CC(C)Oc1nn(CCOCc2ccccc2)cc1CCOc1ccc(Cl)cc1Cl. The Morgan fingerprint density at radius 1 is 1.03 bits per heavy atom. The van der Waals surface area contributed by atoms with Gasteiger partial charge in [0.1, 0.15) is 5.75 Å². The van der Waals surface area contributed by atoms with Gasteiger partial charge in [0.2, 0.25) is 5.88 Å². The third kappa shape index (κ3) is 6.94. The highest BCUT2D eigenvalue weighted by atomic mass is 35.5. The molecule has 0 aliphatic heterocycles. The molecule has 1 aromatic heterocycles. The van der Waals surface area contributed by atoms with Gasteiger partial charge in [0, 0.05) is 23.2 Å². The van der Waals surface area contributed by atoms with Crippen molar-refractivity contribution < 1.29 is 14.2 Å². The summed E-state index contributed by atoms with van der Waals surface area (Å²) >= 11 is 12.1. The highest BCUT2D eigenvalue weighted by Crippen LogP contribution is 2.28. The average Bonchev–Trinajstić information content (AvgIpc) is 3.08. The standard InChI is InChI=1S/C23H26Cl2N2O3/c1-17(2)30-23-19(10-12-29-22-9-8-20(24)14-21(22)25)15-27(26-23)11-13-28-16-18-6-4-3-5-7-18/h3-9,14-15,17H,10-13,16H2,1-2H3. The van der Waals surface area contributed by atoms with E-state index in [-0.39, 0.29) is 6.10 Å². The second-order valence-electron chi connectivity index (χ2n) is 7.10. The van der Waals surface area contributed by atoms with Crippen LogP contribution in [-0.2, 0) is 24.3 Å². The van der Waals surface area contributed by atoms with Gasteiger partial charge in [-0.3, -0.25) is 4.68 Å². The summed E-state index contributed by atoms with van der Waals surface area (Å²) in [5, 5.41) is 5.64. The molecule has 0 saturated carbocycles. The molecule has 0 N–H and O–H groups in total. The van der Waals surface area contributed by atoms with E-state index in [0.29, 0.717) is 54.5 Å². The predicted molar refractivity (Wildman–Crippen MR) is 120 cm³/mol. The Labute approximate surface area is 187 Å². The summed E-state index contributed by atoms with van der Waals surface area (Å²) < 4.78 is 19.3. The largest absolute Gasteiger partial charge is 0.492 e. The Hall–Kier alpha value is -2.21. The molecule has 30 heavy (non-hydrogen) atoms. The van der Waals surface area contributed by atoms with E-state index in [1.54, 1.807) is 18.2 Å². The summed E-state index contributed by atoms with van der Waals surface area (Å²) in [7, 11) is 0. The first-order chi connectivity index (χ1) is 14.5. The van der Waals surface area contributed by atoms with Crippen molar-refractivity contribution in [3.63, 3.8) is 0 Å². The van der Waals surface area contributed by atoms with Gasteiger partial charge in [0.05, 0.1) is 37.5 Å². The lowest BCUT2D eigenvalue weighted by molar-refractivity contribution is 0.110. The molecule has 3 aromatic rings. The molecular formula is C23H26Cl2N2O3. The quantitative estimate of drug-likeness (QED) is 0.347. The zero-order chi connectivity index (χ0) is 21.3. The number of hydrogen-bond donors (Lipinski definition) is 0. The van der Waals surface area contributed by atoms with E-state index >= 15 is 0 Å². The van der Waals surface area contributed by atoms with Crippen LogP contribution in [0.1, 0.15) is 25.0 Å². The first kappa shape index (κ1) is 22.5. The van der Waals surface area contributed by atoms with Crippen molar-refractivity contribution in [1.82, 2.24) is 9.78 Å². The van der Waals surface area contributed by atoms with Crippen LogP contribution in [0.4, 0.5) is 0 Å². The van der Waals surface area contributed by atoms with Crippen molar-refractivity contribution in [2.75, 3.05) is 13.2 Å². The van der Waals surface area contributed by atoms with E-state index in [1.165, 1.54) is 0 Å². The smallest absolute Gasteiger partial charge is 0.236 e. The Morgan fingerprint density at radius 3 is 2.57 bits per heavy atom. The maximum absolute atomic E-state index is 6.17. The first-order valence-corrected chi connectivity index (χ1v) is 10.7. The average molecular weight is 449 g/mol. The third-order valence-corrected chi connectivity index (χ3v) is 4.78. The predicted octanol–water partition coefficient (Wildman–Crippen LogP) is 5.82. The van der Waals surface area contributed by atoms with Crippen LogP contribution in [0, 0.1) is 0 Å². The van der Waals surface area contributed by atoms with Crippen LogP contribution < -0.4 is 9.47 Å². The fourth-order valence-corrected chi connectivity index (χ4v) is 3.30. The molecule has 3 rings (SSSR count). The molecule has 0 aliphatic rings. The summed E-state index contributed by atoms with van der Waals surface area (Å²) in [6.45, 7) is 6.21. The minimum Gasteiger partial charge on any atom is -0.492 e. The molecule has 0 atom stereocenters. The van der Waals surface area contributed by atoms with Gasteiger partial charge in [-0.1, -0.05) is 53.5 Å². The molecule has 0 amide bonds. The van der Waals surface area contributed by atoms with Crippen LogP contribution in [0.3, 0.4) is 0 Å². The number of ether oxygens (including phenoxy) is 3. The zero-order valence-electron chi connectivity index (χ0n) is 17.2. The highest BCUT2D eigenvalue weighted by molar-refractivity contribution is 6.35. The molecule has 5 nitrogen and oxygen atoms in total. The fourth-order valence-electron chi connectivity index (χ4n) is 2.84. The second-order valence-corrected chi connectivity index (χ2v) is 7.94. The molecular weight excluding hydrogens is 423 g/mol. The topological polar surface area (TPSA) is 45.5 Å². The van der Waals surface area contributed by atoms with E-state index in [9.17, 15) is 0 Å². The van der Waals surface area contributed by atoms with Gasteiger partial charge in [-0.05, 0) is 37.6 Å². The maximum atomic E-state index is 6.17. The maximum Gasteiger partial charge on any atom is 0.236 e. The number of aromatic nitrogens is 2. The first-order valence-electron chi connectivity index (χ1n) is 9.94. The van der Waals surface area contributed by atoms with Crippen LogP contribution in [0.5, 0.6) is 11.6 Å². The summed E-state index contributed by atoms with van der Waals surface area (Å²) in [4.78, 5) is 0. The second kappa shape index (κ2) is 11.3. The number of hydrogen-bond acceptors (Lipinski definition) is 4. The highest BCUT2D eigenvalue weighted by Gasteiger charge is 2.13. The molecule has 2 aromatic carbocycles. The third-order valence-electron chi connectivity index (χ3n) is 4.25. The van der Waals surface area contributed by atoms with E-state index in [2.05, 4.69) is 5.10 Å². The number of benzene rings is 2. The van der Waals surface area contributed by atoms with Crippen molar-refractivity contribution in [3.05, 3.63) is 75.9 Å². The number of halogens is 2. The van der Waals surface area contributed by atoms with Crippen LogP contribution in [0.2, 0.25) is 10.0 Å². The monoisotopic (exact) mass is 448 g/mol. The lowest BCUT2D eigenvalue weighted by Gasteiger charge is -2.10. The van der Waals surface area contributed by atoms with Crippen molar-refractivity contribution >= 4 is 23.2 Å². The van der Waals surface area contributed by atoms with Gasteiger partial charge in [-0.2, -0.15) is 0 Å². The fraction of sp³-hybridized carbons (Fsp3) is 0.348. The lowest BCUT2D eigenvalue weighted by Crippen LogP contribution is -2.10. The van der Waals surface area contributed by atoms with Crippen molar-refractivity contribution in [1.29, 1.82) is 0 Å².